The third-order valence-electron chi connectivity index (χ3n) is 3.35. The molecule has 1 aliphatic rings. The number of rotatable bonds is 5. The van der Waals surface area contributed by atoms with E-state index < -0.39 is 0 Å². The Morgan fingerprint density at radius 2 is 2.21 bits per heavy atom. The Morgan fingerprint density at radius 3 is 3.05 bits per heavy atom. The number of halogens is 1. The molecule has 3 nitrogen and oxygen atoms in total. The van der Waals surface area contributed by atoms with Gasteiger partial charge in [0.05, 0.1) is 6.61 Å². The van der Waals surface area contributed by atoms with Gasteiger partial charge in [-0.2, -0.15) is 0 Å². The summed E-state index contributed by atoms with van der Waals surface area (Å²) in [6, 6.07) is 5.08. The molecule has 0 bridgehead atoms. The van der Waals surface area contributed by atoms with E-state index in [0.717, 1.165) is 63.5 Å². The van der Waals surface area contributed by atoms with Crippen LogP contribution in [0.1, 0.15) is 25.3 Å². The molecule has 0 atom stereocenters. The molecule has 0 saturated carbocycles. The van der Waals surface area contributed by atoms with Gasteiger partial charge < -0.3 is 15.0 Å². The van der Waals surface area contributed by atoms with Crippen LogP contribution in [0.2, 0.25) is 0 Å². The summed E-state index contributed by atoms with van der Waals surface area (Å²) in [6.07, 6.45) is 2.11. The Balaban J connectivity index is 2.12. The largest absolute Gasteiger partial charge is 0.380 e. The van der Waals surface area contributed by atoms with Gasteiger partial charge in [0.15, 0.2) is 0 Å². The highest BCUT2D eigenvalue weighted by Crippen LogP contribution is 2.23. The second-order valence-corrected chi connectivity index (χ2v) is 4.90. The highest BCUT2D eigenvalue weighted by Gasteiger charge is 2.14. The molecular weight excluding hydrogens is 243 g/mol. The summed E-state index contributed by atoms with van der Waals surface area (Å²) in [4.78, 5) is 2.30. The summed E-state index contributed by atoms with van der Waals surface area (Å²) in [5, 5.41) is 3.35. The van der Waals surface area contributed by atoms with E-state index in [1.807, 2.05) is 6.07 Å². The van der Waals surface area contributed by atoms with Crippen molar-refractivity contribution in [2.75, 3.05) is 37.7 Å². The second-order valence-electron chi connectivity index (χ2n) is 4.90. The first-order chi connectivity index (χ1) is 9.31. The molecule has 4 heteroatoms. The Labute approximate surface area is 114 Å². The summed E-state index contributed by atoms with van der Waals surface area (Å²) in [5.74, 6) is -0.164. The van der Waals surface area contributed by atoms with E-state index >= 15 is 0 Å². The first-order valence-electron chi connectivity index (χ1n) is 7.13. The van der Waals surface area contributed by atoms with Crippen LogP contribution in [0.3, 0.4) is 0 Å². The maximum absolute atomic E-state index is 13.4. The molecule has 1 aromatic rings. The molecule has 0 aliphatic carbocycles. The van der Waals surface area contributed by atoms with Crippen molar-refractivity contribution < 1.29 is 9.13 Å². The number of hydrogen-bond donors (Lipinski definition) is 1. The van der Waals surface area contributed by atoms with Crippen LogP contribution in [0.15, 0.2) is 18.2 Å². The number of anilines is 1. The molecule has 1 heterocycles. The molecule has 0 unspecified atom stereocenters. The predicted molar refractivity (Wildman–Crippen MR) is 76.0 cm³/mol. The maximum Gasteiger partial charge on any atom is 0.123 e. The van der Waals surface area contributed by atoms with Crippen molar-refractivity contribution in [1.29, 1.82) is 0 Å². The Bertz CT molecular complexity index is 390. The van der Waals surface area contributed by atoms with Gasteiger partial charge in [0.2, 0.25) is 0 Å². The van der Waals surface area contributed by atoms with Crippen LogP contribution in [0.25, 0.3) is 0 Å². The zero-order valence-corrected chi connectivity index (χ0v) is 11.6. The van der Waals surface area contributed by atoms with Crippen LogP contribution in [0, 0.1) is 5.82 Å². The van der Waals surface area contributed by atoms with Crippen LogP contribution in [-0.4, -0.2) is 32.8 Å². The fourth-order valence-electron chi connectivity index (χ4n) is 2.39. The highest BCUT2D eigenvalue weighted by molar-refractivity contribution is 5.54. The first-order valence-corrected chi connectivity index (χ1v) is 7.13. The van der Waals surface area contributed by atoms with Gasteiger partial charge in [-0.3, -0.25) is 0 Å². The minimum atomic E-state index is -0.164. The van der Waals surface area contributed by atoms with Crippen LogP contribution in [0.4, 0.5) is 10.1 Å². The summed E-state index contributed by atoms with van der Waals surface area (Å²) in [5.41, 5.74) is 2.17. The van der Waals surface area contributed by atoms with Crippen LogP contribution < -0.4 is 10.2 Å². The molecule has 106 valence electrons. The van der Waals surface area contributed by atoms with Crippen LogP contribution >= 0.6 is 0 Å². The lowest BCUT2D eigenvalue weighted by atomic mass is 10.1. The van der Waals surface area contributed by atoms with E-state index in [4.69, 9.17) is 4.74 Å². The van der Waals surface area contributed by atoms with E-state index in [0.29, 0.717) is 0 Å². The summed E-state index contributed by atoms with van der Waals surface area (Å²) in [6.45, 7) is 7.24. The van der Waals surface area contributed by atoms with Crippen molar-refractivity contribution in [3.05, 3.63) is 29.6 Å². The monoisotopic (exact) mass is 266 g/mol. The van der Waals surface area contributed by atoms with E-state index in [1.165, 1.54) is 0 Å². The number of benzene rings is 1. The quantitative estimate of drug-likeness (QED) is 0.829. The molecule has 2 rings (SSSR count). The molecule has 0 spiro atoms. The first kappa shape index (κ1) is 14.3. The lowest BCUT2D eigenvalue weighted by molar-refractivity contribution is 0.152. The minimum Gasteiger partial charge on any atom is -0.380 e. The molecule has 1 aliphatic heterocycles. The molecule has 0 aromatic heterocycles. The maximum atomic E-state index is 13.4. The average molecular weight is 266 g/mol. The number of hydrogen-bond acceptors (Lipinski definition) is 3. The van der Waals surface area contributed by atoms with Gasteiger partial charge in [0.1, 0.15) is 5.82 Å². The van der Waals surface area contributed by atoms with Gasteiger partial charge in [-0.25, -0.2) is 4.39 Å². The van der Waals surface area contributed by atoms with E-state index in [2.05, 4.69) is 17.1 Å². The Kier molecular flexibility index (Phi) is 5.61. The average Bonchev–Trinajstić information content (AvgIpc) is 2.68. The van der Waals surface area contributed by atoms with Crippen molar-refractivity contribution >= 4 is 5.69 Å². The normalized spacial score (nSPS) is 16.4. The number of ether oxygens (including phenoxy) is 1. The molecule has 19 heavy (non-hydrogen) atoms. The van der Waals surface area contributed by atoms with Crippen molar-refractivity contribution in [1.82, 2.24) is 5.32 Å². The summed E-state index contributed by atoms with van der Waals surface area (Å²) in [7, 11) is 0. The third kappa shape index (κ3) is 4.18. The lowest BCUT2D eigenvalue weighted by Crippen LogP contribution is -2.28. The molecule has 1 fully saturated rings. The van der Waals surface area contributed by atoms with Gasteiger partial charge in [-0.1, -0.05) is 6.92 Å². The molecule has 1 aromatic carbocycles. The van der Waals surface area contributed by atoms with E-state index in [1.54, 1.807) is 12.1 Å². The Morgan fingerprint density at radius 1 is 1.32 bits per heavy atom. The fraction of sp³-hybridized carbons (Fsp3) is 0.600. The zero-order chi connectivity index (χ0) is 13.5. The molecule has 0 radical (unpaired) electrons. The third-order valence-corrected chi connectivity index (χ3v) is 3.35. The van der Waals surface area contributed by atoms with E-state index in [-0.39, 0.29) is 5.82 Å². The molecule has 1 N–H and O–H groups in total. The van der Waals surface area contributed by atoms with Gasteiger partial charge in [-0.05, 0) is 43.1 Å². The van der Waals surface area contributed by atoms with Gasteiger partial charge in [0.25, 0.3) is 0 Å². The topological polar surface area (TPSA) is 24.5 Å². The van der Waals surface area contributed by atoms with Crippen LogP contribution in [0.5, 0.6) is 0 Å². The number of nitrogens with one attached hydrogen (secondary N) is 1. The van der Waals surface area contributed by atoms with Gasteiger partial charge >= 0.3 is 0 Å². The smallest absolute Gasteiger partial charge is 0.123 e. The second kappa shape index (κ2) is 7.46. The van der Waals surface area contributed by atoms with Crippen molar-refractivity contribution in [2.24, 2.45) is 0 Å². The minimum absolute atomic E-state index is 0.164. The predicted octanol–water partition coefficient (Wildman–Crippen LogP) is 2.55. The SMILES string of the molecule is CCCNCc1cc(F)ccc1N1CCCOCC1. The summed E-state index contributed by atoms with van der Waals surface area (Å²) < 4.78 is 18.9. The van der Waals surface area contributed by atoms with Gasteiger partial charge in [-0.15, -0.1) is 0 Å². The Hall–Kier alpha value is -1.13. The fourth-order valence-corrected chi connectivity index (χ4v) is 2.39. The summed E-state index contributed by atoms with van der Waals surface area (Å²) >= 11 is 0. The zero-order valence-electron chi connectivity index (χ0n) is 11.6. The molecule has 1 saturated heterocycles. The van der Waals surface area contributed by atoms with E-state index in [9.17, 15) is 4.39 Å². The molecule has 0 amide bonds. The van der Waals surface area contributed by atoms with Crippen molar-refractivity contribution in [2.45, 2.75) is 26.3 Å². The lowest BCUT2D eigenvalue weighted by Gasteiger charge is -2.25. The highest BCUT2D eigenvalue weighted by atomic mass is 19.1. The van der Waals surface area contributed by atoms with Crippen LogP contribution in [-0.2, 0) is 11.3 Å². The standard InChI is InChI=1S/C15H23FN2O/c1-2-6-17-12-13-11-14(16)4-5-15(13)18-7-3-9-19-10-8-18/h4-5,11,17H,2-3,6-10,12H2,1H3. The molecular formula is C15H23FN2O. The van der Waals surface area contributed by atoms with Gasteiger partial charge in [0, 0.05) is 31.9 Å². The number of nitrogens with zero attached hydrogens (tertiary/aromatic N) is 1. The van der Waals surface area contributed by atoms with Crippen molar-refractivity contribution in [3.63, 3.8) is 0 Å². The van der Waals surface area contributed by atoms with Crippen molar-refractivity contribution in [3.8, 4) is 0 Å².